The van der Waals surface area contributed by atoms with Crippen molar-refractivity contribution in [1.82, 2.24) is 4.90 Å². The molecule has 0 N–H and O–H groups in total. The molecule has 0 bridgehead atoms. The number of halogens is 1. The summed E-state index contributed by atoms with van der Waals surface area (Å²) in [5.74, 6) is -0.298. The quantitative estimate of drug-likeness (QED) is 0.425. The first-order valence-corrected chi connectivity index (χ1v) is 7.47. The van der Waals surface area contributed by atoms with Crippen molar-refractivity contribution < 1.29 is 14.5 Å². The van der Waals surface area contributed by atoms with E-state index >= 15 is 0 Å². The maximum Gasteiger partial charge on any atom is 0.320 e. The fraction of sp³-hybridized carbons (Fsp3) is 0.500. The van der Waals surface area contributed by atoms with Gasteiger partial charge in [0.1, 0.15) is 0 Å². The maximum atomic E-state index is 11.6. The summed E-state index contributed by atoms with van der Waals surface area (Å²) >= 11 is 3.27. The average Bonchev–Trinajstić information content (AvgIpc) is 2.39. The summed E-state index contributed by atoms with van der Waals surface area (Å²) in [6, 6.07) is 5.00. The molecule has 0 amide bonds. The minimum Gasteiger partial charge on any atom is -0.465 e. The molecule has 1 aromatic rings. The lowest BCUT2D eigenvalue weighted by atomic mass is 10.1. The SMILES string of the molecule is CCOC(=O)CN(Cc1cccc([N+](=O)[O-])c1Br)C(C)C. The standard InChI is InChI=1S/C14H19BrN2O4/c1-4-21-13(18)9-16(10(2)3)8-11-6-5-7-12(14(11)15)17(19)20/h5-7,10H,4,8-9H2,1-3H3. The monoisotopic (exact) mass is 358 g/mol. The Morgan fingerprint density at radius 1 is 1.48 bits per heavy atom. The van der Waals surface area contributed by atoms with E-state index in [4.69, 9.17) is 4.74 Å². The highest BCUT2D eigenvalue weighted by Gasteiger charge is 2.20. The summed E-state index contributed by atoms with van der Waals surface area (Å²) in [5.41, 5.74) is 0.787. The minimum absolute atomic E-state index is 0.0207. The average molecular weight is 359 g/mol. The summed E-state index contributed by atoms with van der Waals surface area (Å²) in [6.07, 6.45) is 0. The van der Waals surface area contributed by atoms with Crippen molar-refractivity contribution in [3.05, 3.63) is 38.3 Å². The van der Waals surface area contributed by atoms with Crippen LogP contribution in [0.2, 0.25) is 0 Å². The van der Waals surface area contributed by atoms with E-state index in [0.29, 0.717) is 17.6 Å². The minimum atomic E-state index is -0.432. The first kappa shape index (κ1) is 17.6. The fourth-order valence-electron chi connectivity index (χ4n) is 1.84. The van der Waals surface area contributed by atoms with Crippen LogP contribution in [0.25, 0.3) is 0 Å². The molecule has 0 heterocycles. The van der Waals surface area contributed by atoms with Gasteiger partial charge in [0, 0.05) is 18.7 Å². The van der Waals surface area contributed by atoms with Gasteiger partial charge in [0.25, 0.3) is 5.69 Å². The van der Waals surface area contributed by atoms with Crippen LogP contribution in [0.4, 0.5) is 5.69 Å². The lowest BCUT2D eigenvalue weighted by Crippen LogP contribution is -2.36. The van der Waals surface area contributed by atoms with Gasteiger partial charge < -0.3 is 4.74 Å². The molecule has 0 aromatic heterocycles. The molecule has 116 valence electrons. The molecule has 0 aliphatic heterocycles. The van der Waals surface area contributed by atoms with Gasteiger partial charge in [-0.2, -0.15) is 0 Å². The highest BCUT2D eigenvalue weighted by atomic mass is 79.9. The van der Waals surface area contributed by atoms with Gasteiger partial charge in [0.05, 0.1) is 22.5 Å². The molecule has 0 saturated heterocycles. The van der Waals surface area contributed by atoms with Crippen molar-refractivity contribution in [2.45, 2.75) is 33.4 Å². The number of benzene rings is 1. The molecular weight excluding hydrogens is 340 g/mol. The molecule has 0 unspecified atom stereocenters. The highest BCUT2D eigenvalue weighted by Crippen LogP contribution is 2.29. The van der Waals surface area contributed by atoms with E-state index in [-0.39, 0.29) is 24.2 Å². The van der Waals surface area contributed by atoms with E-state index in [2.05, 4.69) is 15.9 Å². The van der Waals surface area contributed by atoms with Gasteiger partial charge >= 0.3 is 5.97 Å². The maximum absolute atomic E-state index is 11.6. The zero-order chi connectivity index (χ0) is 16.0. The fourth-order valence-corrected chi connectivity index (χ4v) is 2.38. The van der Waals surface area contributed by atoms with E-state index < -0.39 is 4.92 Å². The van der Waals surface area contributed by atoms with Crippen LogP contribution in [0.5, 0.6) is 0 Å². The smallest absolute Gasteiger partial charge is 0.320 e. The van der Waals surface area contributed by atoms with Crippen molar-refractivity contribution >= 4 is 27.6 Å². The molecule has 0 aliphatic rings. The zero-order valence-corrected chi connectivity index (χ0v) is 13.9. The predicted octanol–water partition coefficient (Wildman–Crippen LogP) is 3.13. The van der Waals surface area contributed by atoms with Gasteiger partial charge in [-0.05, 0) is 42.3 Å². The third-order valence-electron chi connectivity index (χ3n) is 3.00. The largest absolute Gasteiger partial charge is 0.465 e. The third-order valence-corrected chi connectivity index (χ3v) is 3.91. The number of nitrogens with zero attached hydrogens (tertiary/aromatic N) is 2. The van der Waals surface area contributed by atoms with Gasteiger partial charge in [0.15, 0.2) is 0 Å². The molecule has 6 nitrogen and oxygen atoms in total. The van der Waals surface area contributed by atoms with Gasteiger partial charge in [0.2, 0.25) is 0 Å². The summed E-state index contributed by atoms with van der Waals surface area (Å²) in [7, 11) is 0. The molecule has 21 heavy (non-hydrogen) atoms. The van der Waals surface area contributed by atoms with Gasteiger partial charge in [-0.15, -0.1) is 0 Å². The lowest BCUT2D eigenvalue weighted by molar-refractivity contribution is -0.385. The number of nitro groups is 1. The van der Waals surface area contributed by atoms with Crippen LogP contribution in [-0.2, 0) is 16.1 Å². The number of ether oxygens (including phenoxy) is 1. The van der Waals surface area contributed by atoms with Crippen molar-refractivity contribution in [3.8, 4) is 0 Å². The summed E-state index contributed by atoms with van der Waals surface area (Å²) < 4.78 is 5.40. The number of carbonyl (C=O) groups excluding carboxylic acids is 1. The Balaban J connectivity index is 2.92. The van der Waals surface area contributed by atoms with Crippen molar-refractivity contribution in [3.63, 3.8) is 0 Å². The van der Waals surface area contributed by atoms with Crippen LogP contribution in [0.15, 0.2) is 22.7 Å². The highest BCUT2D eigenvalue weighted by molar-refractivity contribution is 9.10. The van der Waals surface area contributed by atoms with E-state index in [1.54, 1.807) is 19.1 Å². The zero-order valence-electron chi connectivity index (χ0n) is 12.3. The summed E-state index contributed by atoms with van der Waals surface area (Å²) in [5, 5.41) is 10.9. The van der Waals surface area contributed by atoms with Crippen LogP contribution in [0.1, 0.15) is 26.3 Å². The number of hydrogen-bond acceptors (Lipinski definition) is 5. The van der Waals surface area contributed by atoms with E-state index in [9.17, 15) is 14.9 Å². The number of nitro benzene ring substituents is 1. The van der Waals surface area contributed by atoms with Crippen LogP contribution >= 0.6 is 15.9 Å². The molecule has 1 rings (SSSR count). The lowest BCUT2D eigenvalue weighted by Gasteiger charge is -2.25. The van der Waals surface area contributed by atoms with Gasteiger partial charge in [-0.3, -0.25) is 19.8 Å². The molecule has 0 aliphatic carbocycles. The van der Waals surface area contributed by atoms with Gasteiger partial charge in [-0.1, -0.05) is 12.1 Å². The molecule has 7 heteroatoms. The van der Waals surface area contributed by atoms with Crippen molar-refractivity contribution in [2.75, 3.05) is 13.2 Å². The summed E-state index contributed by atoms with van der Waals surface area (Å²) in [4.78, 5) is 24.0. The topological polar surface area (TPSA) is 72.7 Å². The Labute approximate surface area is 132 Å². The van der Waals surface area contributed by atoms with E-state index in [1.807, 2.05) is 18.7 Å². The second-order valence-corrected chi connectivity index (χ2v) is 5.60. The summed E-state index contributed by atoms with van der Waals surface area (Å²) in [6.45, 7) is 6.61. The molecule has 1 aromatic carbocycles. The van der Waals surface area contributed by atoms with Crippen LogP contribution in [-0.4, -0.2) is 35.0 Å². The Morgan fingerprint density at radius 2 is 2.14 bits per heavy atom. The predicted molar refractivity (Wildman–Crippen MR) is 83.0 cm³/mol. The van der Waals surface area contributed by atoms with E-state index in [0.717, 1.165) is 5.56 Å². The van der Waals surface area contributed by atoms with Crippen LogP contribution < -0.4 is 0 Å². The normalized spacial score (nSPS) is 11.0. The molecular formula is C14H19BrN2O4. The van der Waals surface area contributed by atoms with E-state index in [1.165, 1.54) is 6.07 Å². The van der Waals surface area contributed by atoms with Gasteiger partial charge in [-0.25, -0.2) is 0 Å². The number of esters is 1. The molecule has 0 fully saturated rings. The third kappa shape index (κ3) is 5.09. The number of carbonyl (C=O) groups is 1. The van der Waals surface area contributed by atoms with Crippen molar-refractivity contribution in [2.24, 2.45) is 0 Å². The Bertz CT molecular complexity index is 520. The second-order valence-electron chi connectivity index (χ2n) is 4.81. The molecule has 0 radical (unpaired) electrons. The second kappa shape index (κ2) is 8.09. The molecule has 0 spiro atoms. The van der Waals surface area contributed by atoms with Crippen molar-refractivity contribution in [1.29, 1.82) is 0 Å². The molecule has 0 saturated carbocycles. The Morgan fingerprint density at radius 3 is 2.67 bits per heavy atom. The van der Waals surface area contributed by atoms with Crippen LogP contribution in [0.3, 0.4) is 0 Å². The molecule has 0 atom stereocenters. The van der Waals surface area contributed by atoms with Crippen LogP contribution in [0, 0.1) is 10.1 Å². The Kier molecular flexibility index (Phi) is 6.77. The number of hydrogen-bond donors (Lipinski definition) is 0. The number of rotatable bonds is 7. The first-order chi connectivity index (χ1) is 9.86. The first-order valence-electron chi connectivity index (χ1n) is 6.68. The Hall–Kier alpha value is -1.47.